The number of halogens is 1. The number of nitrogens with one attached hydrogen (secondary N) is 1. The van der Waals surface area contributed by atoms with Crippen LogP contribution in [0, 0.1) is 12.7 Å². The van der Waals surface area contributed by atoms with Gasteiger partial charge in [0.25, 0.3) is 0 Å². The molecule has 0 aliphatic carbocycles. The van der Waals surface area contributed by atoms with Gasteiger partial charge in [0.1, 0.15) is 10.8 Å². The Kier molecular flexibility index (Phi) is 5.48. The summed E-state index contributed by atoms with van der Waals surface area (Å²) in [5.74, 6) is -0.218. The minimum Gasteiger partial charge on any atom is -0.393 e. The van der Waals surface area contributed by atoms with Crippen molar-refractivity contribution < 1.29 is 9.50 Å². The number of hydrogen-bond donors (Lipinski definition) is 2. The second-order valence-electron chi connectivity index (χ2n) is 6.41. The quantitative estimate of drug-likeness (QED) is 0.869. The summed E-state index contributed by atoms with van der Waals surface area (Å²) in [7, 11) is 0. The fourth-order valence-corrected chi connectivity index (χ4v) is 3.82. The van der Waals surface area contributed by atoms with E-state index in [1.165, 1.54) is 6.07 Å². The molecule has 0 radical (unpaired) electrons. The number of rotatable bonds is 5. The third-order valence-corrected chi connectivity index (χ3v) is 5.45. The SMILES string of the molecule is Cc1csc(CNC(C)c2cc(F)ccc2N2CCC(O)CC2)n1. The van der Waals surface area contributed by atoms with E-state index in [1.54, 1.807) is 17.4 Å². The molecule has 1 fully saturated rings. The Hall–Kier alpha value is -1.50. The molecule has 0 spiro atoms. The normalized spacial score (nSPS) is 17.2. The van der Waals surface area contributed by atoms with E-state index in [1.807, 2.05) is 18.4 Å². The molecule has 1 aliphatic heterocycles. The predicted octanol–water partition coefficient (Wildman–Crippen LogP) is 3.40. The summed E-state index contributed by atoms with van der Waals surface area (Å²) in [4.78, 5) is 6.70. The lowest BCUT2D eigenvalue weighted by atomic mass is 10.0. The summed E-state index contributed by atoms with van der Waals surface area (Å²) < 4.78 is 13.8. The first-order valence-electron chi connectivity index (χ1n) is 8.40. The maximum atomic E-state index is 13.8. The fraction of sp³-hybridized carbons (Fsp3) is 0.500. The van der Waals surface area contributed by atoms with Crippen LogP contribution in [0.4, 0.5) is 10.1 Å². The van der Waals surface area contributed by atoms with Gasteiger partial charge in [-0.3, -0.25) is 0 Å². The molecule has 24 heavy (non-hydrogen) atoms. The Bertz CT molecular complexity index is 683. The molecule has 0 saturated carbocycles. The zero-order valence-corrected chi connectivity index (χ0v) is 14.9. The van der Waals surface area contributed by atoms with Crippen molar-refractivity contribution in [1.82, 2.24) is 10.3 Å². The number of benzene rings is 1. The summed E-state index contributed by atoms with van der Waals surface area (Å²) in [5, 5.41) is 16.2. The zero-order valence-electron chi connectivity index (χ0n) is 14.1. The van der Waals surface area contributed by atoms with Crippen LogP contribution in [-0.2, 0) is 6.54 Å². The third-order valence-electron chi connectivity index (χ3n) is 4.49. The number of aryl methyl sites for hydroxylation is 1. The molecule has 2 heterocycles. The lowest BCUT2D eigenvalue weighted by molar-refractivity contribution is 0.145. The highest BCUT2D eigenvalue weighted by Gasteiger charge is 2.21. The standard InChI is InChI=1S/C18H24FN3OS/c1-12-11-24-18(21-12)10-20-13(2)16-9-14(19)3-4-17(16)22-7-5-15(23)6-8-22/h3-4,9,11,13,15,20,23H,5-8,10H2,1-2H3. The van der Waals surface area contributed by atoms with Gasteiger partial charge in [-0.1, -0.05) is 0 Å². The summed E-state index contributed by atoms with van der Waals surface area (Å²) in [6, 6.07) is 5.01. The Morgan fingerprint density at radius 3 is 2.83 bits per heavy atom. The van der Waals surface area contributed by atoms with Crippen molar-refractivity contribution in [3.63, 3.8) is 0 Å². The first-order chi connectivity index (χ1) is 11.5. The highest BCUT2D eigenvalue weighted by molar-refractivity contribution is 7.09. The van der Waals surface area contributed by atoms with E-state index in [4.69, 9.17) is 0 Å². The fourth-order valence-electron chi connectivity index (χ4n) is 3.10. The molecule has 0 bridgehead atoms. The molecule has 3 rings (SSSR count). The summed E-state index contributed by atoms with van der Waals surface area (Å²) >= 11 is 1.64. The summed E-state index contributed by atoms with van der Waals surface area (Å²) in [5.41, 5.74) is 3.04. The molecule has 4 nitrogen and oxygen atoms in total. The number of anilines is 1. The van der Waals surface area contributed by atoms with Crippen LogP contribution in [0.5, 0.6) is 0 Å². The van der Waals surface area contributed by atoms with Gasteiger partial charge in [0.05, 0.1) is 6.10 Å². The topological polar surface area (TPSA) is 48.4 Å². The number of nitrogens with zero attached hydrogens (tertiary/aromatic N) is 2. The van der Waals surface area contributed by atoms with Gasteiger partial charge in [-0.05, 0) is 50.5 Å². The summed E-state index contributed by atoms with van der Waals surface area (Å²) in [6.07, 6.45) is 1.31. The van der Waals surface area contributed by atoms with Gasteiger partial charge in [-0.15, -0.1) is 11.3 Å². The van der Waals surface area contributed by atoms with Crippen molar-refractivity contribution in [2.75, 3.05) is 18.0 Å². The molecule has 2 N–H and O–H groups in total. The molecular weight excluding hydrogens is 325 g/mol. The predicted molar refractivity (Wildman–Crippen MR) is 96.0 cm³/mol. The van der Waals surface area contributed by atoms with E-state index in [2.05, 4.69) is 22.1 Å². The maximum Gasteiger partial charge on any atom is 0.123 e. The van der Waals surface area contributed by atoms with E-state index in [0.717, 1.165) is 47.9 Å². The van der Waals surface area contributed by atoms with Crippen molar-refractivity contribution in [2.24, 2.45) is 0 Å². The molecule has 6 heteroatoms. The number of aliphatic hydroxyl groups is 1. The average molecular weight is 349 g/mol. The Labute approximate surface area is 146 Å². The van der Waals surface area contributed by atoms with Gasteiger partial charge < -0.3 is 15.3 Å². The minimum absolute atomic E-state index is 0.0201. The van der Waals surface area contributed by atoms with Gasteiger partial charge in [-0.2, -0.15) is 0 Å². The molecule has 1 unspecified atom stereocenters. The Morgan fingerprint density at radius 2 is 2.17 bits per heavy atom. The van der Waals surface area contributed by atoms with Crippen molar-refractivity contribution in [1.29, 1.82) is 0 Å². The van der Waals surface area contributed by atoms with Crippen LogP contribution in [0.3, 0.4) is 0 Å². The molecule has 1 atom stereocenters. The second-order valence-corrected chi connectivity index (χ2v) is 7.35. The van der Waals surface area contributed by atoms with E-state index in [-0.39, 0.29) is 18.0 Å². The second kappa shape index (κ2) is 7.59. The van der Waals surface area contributed by atoms with Crippen LogP contribution in [0.2, 0.25) is 0 Å². The van der Waals surface area contributed by atoms with Gasteiger partial charge in [0, 0.05) is 42.4 Å². The first kappa shape index (κ1) is 17.3. The average Bonchev–Trinajstić information content (AvgIpc) is 2.99. The molecule has 1 aliphatic rings. The van der Waals surface area contributed by atoms with Crippen molar-refractivity contribution in [3.05, 3.63) is 45.7 Å². The number of hydrogen-bond acceptors (Lipinski definition) is 5. The molecular formula is C18H24FN3OS. The maximum absolute atomic E-state index is 13.8. The van der Waals surface area contributed by atoms with Gasteiger partial charge in [-0.25, -0.2) is 9.37 Å². The van der Waals surface area contributed by atoms with Gasteiger partial charge in [0.2, 0.25) is 0 Å². The van der Waals surface area contributed by atoms with Crippen molar-refractivity contribution >= 4 is 17.0 Å². The number of thiazole rings is 1. The van der Waals surface area contributed by atoms with Crippen molar-refractivity contribution in [3.8, 4) is 0 Å². The number of aromatic nitrogens is 1. The lowest BCUT2D eigenvalue weighted by Gasteiger charge is -2.34. The van der Waals surface area contributed by atoms with E-state index in [0.29, 0.717) is 6.54 Å². The molecule has 0 amide bonds. The van der Waals surface area contributed by atoms with Crippen LogP contribution >= 0.6 is 11.3 Å². The Balaban J connectivity index is 1.74. The molecule has 1 aromatic heterocycles. The highest BCUT2D eigenvalue weighted by atomic mass is 32.1. The van der Waals surface area contributed by atoms with Gasteiger partial charge >= 0.3 is 0 Å². The van der Waals surface area contributed by atoms with Gasteiger partial charge in [0.15, 0.2) is 0 Å². The van der Waals surface area contributed by atoms with Crippen LogP contribution in [0.15, 0.2) is 23.6 Å². The molecule has 2 aromatic rings. The monoisotopic (exact) mass is 349 g/mol. The minimum atomic E-state index is -0.218. The van der Waals surface area contributed by atoms with Crippen LogP contribution in [0.25, 0.3) is 0 Å². The van der Waals surface area contributed by atoms with E-state index in [9.17, 15) is 9.50 Å². The van der Waals surface area contributed by atoms with Crippen LogP contribution in [0.1, 0.15) is 42.1 Å². The third kappa shape index (κ3) is 4.12. The van der Waals surface area contributed by atoms with E-state index < -0.39 is 0 Å². The largest absolute Gasteiger partial charge is 0.393 e. The van der Waals surface area contributed by atoms with Crippen LogP contribution < -0.4 is 10.2 Å². The number of piperidine rings is 1. The Morgan fingerprint density at radius 1 is 1.42 bits per heavy atom. The van der Waals surface area contributed by atoms with E-state index >= 15 is 0 Å². The molecule has 1 saturated heterocycles. The number of aliphatic hydroxyl groups excluding tert-OH is 1. The molecule has 130 valence electrons. The zero-order chi connectivity index (χ0) is 17.1. The van der Waals surface area contributed by atoms with Crippen molar-refractivity contribution in [2.45, 2.75) is 45.4 Å². The summed E-state index contributed by atoms with van der Waals surface area (Å²) in [6.45, 7) is 6.32. The highest BCUT2D eigenvalue weighted by Crippen LogP contribution is 2.30. The molecule has 1 aromatic carbocycles. The van der Waals surface area contributed by atoms with Crippen LogP contribution in [-0.4, -0.2) is 29.3 Å². The lowest BCUT2D eigenvalue weighted by Crippen LogP contribution is -2.37. The first-order valence-corrected chi connectivity index (χ1v) is 9.27. The smallest absolute Gasteiger partial charge is 0.123 e.